The Balaban J connectivity index is 0.000000199. The second-order valence-electron chi connectivity index (χ2n) is 8.14. The Morgan fingerprint density at radius 2 is 1.53 bits per heavy atom. The number of nitrogens with zero attached hydrogens (tertiary/aromatic N) is 4. The molecule has 166 valence electrons. The predicted octanol–water partition coefficient (Wildman–Crippen LogP) is 3.01. The number of aryl methyl sites for hydroxylation is 1. The third kappa shape index (κ3) is 7.15. The molecule has 0 aromatic heterocycles. The van der Waals surface area contributed by atoms with E-state index in [-0.39, 0.29) is 5.56 Å². The molecule has 0 amide bonds. The number of piperazine rings is 1. The smallest absolute Gasteiger partial charge is 0.270 e. The van der Waals surface area contributed by atoms with E-state index in [0.29, 0.717) is 0 Å². The molecular formula is C23H34F2N4O. The Hall–Kier alpha value is -1.83. The average molecular weight is 421 g/mol. The Bertz CT molecular complexity index is 701. The lowest BCUT2D eigenvalue weighted by molar-refractivity contribution is 0.0174. The SMILES string of the molecule is C1=CC(N2CCN(CCN3CCOCC3)CC2)=NC1.Cc1ccc(C(C)(F)F)cc1. The maximum Gasteiger partial charge on any atom is 0.270 e. The Kier molecular flexibility index (Phi) is 8.36. The molecule has 3 aliphatic rings. The van der Waals surface area contributed by atoms with Crippen molar-refractivity contribution in [3.8, 4) is 0 Å². The lowest BCUT2D eigenvalue weighted by Gasteiger charge is -2.37. The molecule has 2 saturated heterocycles. The van der Waals surface area contributed by atoms with Gasteiger partial charge < -0.3 is 9.64 Å². The highest BCUT2D eigenvalue weighted by atomic mass is 19.3. The van der Waals surface area contributed by atoms with Crippen molar-refractivity contribution in [1.82, 2.24) is 14.7 Å². The van der Waals surface area contributed by atoms with Crippen molar-refractivity contribution in [2.24, 2.45) is 4.99 Å². The summed E-state index contributed by atoms with van der Waals surface area (Å²) in [7, 11) is 0. The summed E-state index contributed by atoms with van der Waals surface area (Å²) in [6, 6.07) is 6.28. The van der Waals surface area contributed by atoms with E-state index in [1.54, 1.807) is 12.1 Å². The van der Waals surface area contributed by atoms with Gasteiger partial charge in [-0.3, -0.25) is 14.8 Å². The van der Waals surface area contributed by atoms with Crippen molar-refractivity contribution in [2.75, 3.05) is 72.1 Å². The van der Waals surface area contributed by atoms with E-state index < -0.39 is 5.92 Å². The molecule has 0 aliphatic carbocycles. The van der Waals surface area contributed by atoms with Gasteiger partial charge in [0.25, 0.3) is 5.92 Å². The van der Waals surface area contributed by atoms with E-state index in [4.69, 9.17) is 4.74 Å². The van der Waals surface area contributed by atoms with Crippen LogP contribution >= 0.6 is 0 Å². The third-order valence-corrected chi connectivity index (χ3v) is 5.72. The molecule has 0 radical (unpaired) electrons. The number of alkyl halides is 2. The van der Waals surface area contributed by atoms with Gasteiger partial charge in [0.1, 0.15) is 5.84 Å². The van der Waals surface area contributed by atoms with Crippen LogP contribution in [0.5, 0.6) is 0 Å². The highest BCUT2D eigenvalue weighted by Gasteiger charge is 2.23. The van der Waals surface area contributed by atoms with Crippen molar-refractivity contribution < 1.29 is 13.5 Å². The molecule has 30 heavy (non-hydrogen) atoms. The quantitative estimate of drug-likeness (QED) is 0.750. The Morgan fingerprint density at radius 1 is 0.933 bits per heavy atom. The number of aliphatic imine (C=N–C) groups is 1. The summed E-state index contributed by atoms with van der Waals surface area (Å²) >= 11 is 0. The van der Waals surface area contributed by atoms with Gasteiger partial charge in [0.05, 0.1) is 19.8 Å². The number of hydrogen-bond donors (Lipinski definition) is 0. The van der Waals surface area contributed by atoms with E-state index >= 15 is 0 Å². The molecule has 1 aromatic carbocycles. The zero-order chi connectivity index (χ0) is 21.4. The summed E-state index contributed by atoms with van der Waals surface area (Å²) in [6.45, 7) is 14.6. The van der Waals surface area contributed by atoms with Crippen LogP contribution in [0.4, 0.5) is 8.78 Å². The van der Waals surface area contributed by atoms with Crippen LogP contribution < -0.4 is 0 Å². The second-order valence-corrected chi connectivity index (χ2v) is 8.14. The second kappa shape index (κ2) is 11.0. The van der Waals surface area contributed by atoms with Crippen molar-refractivity contribution in [2.45, 2.75) is 19.8 Å². The van der Waals surface area contributed by atoms with Crippen molar-refractivity contribution in [3.63, 3.8) is 0 Å². The van der Waals surface area contributed by atoms with E-state index in [1.165, 1.54) is 31.1 Å². The van der Waals surface area contributed by atoms with Gasteiger partial charge in [-0.05, 0) is 13.0 Å². The molecule has 0 N–H and O–H groups in total. The highest BCUT2D eigenvalue weighted by molar-refractivity contribution is 5.94. The Morgan fingerprint density at radius 3 is 2.07 bits per heavy atom. The standard InChI is InChI=1S/C14H24N4O.C9H10F2/c1-2-14(15-3-1)18-8-6-16(7-9-18)4-5-17-10-12-19-13-11-17;1-7-3-5-8(6-4-7)9(2,10)11/h1-2H,3-13H2;3-6H,1-2H3. The number of halogens is 2. The highest BCUT2D eigenvalue weighted by Crippen LogP contribution is 2.26. The number of hydrogen-bond acceptors (Lipinski definition) is 5. The Labute approximate surface area is 179 Å². The molecule has 3 aliphatic heterocycles. The minimum absolute atomic E-state index is 0.0723. The molecule has 3 heterocycles. The summed E-state index contributed by atoms with van der Waals surface area (Å²) in [6.07, 6.45) is 4.30. The summed E-state index contributed by atoms with van der Waals surface area (Å²) in [5.41, 5.74) is 1.07. The van der Waals surface area contributed by atoms with E-state index in [9.17, 15) is 8.78 Å². The molecule has 1 aromatic rings. The van der Waals surface area contributed by atoms with Crippen LogP contribution in [0.2, 0.25) is 0 Å². The third-order valence-electron chi connectivity index (χ3n) is 5.72. The van der Waals surface area contributed by atoms with Crippen LogP contribution in [-0.2, 0) is 10.7 Å². The van der Waals surface area contributed by atoms with Crippen LogP contribution in [0.25, 0.3) is 0 Å². The fourth-order valence-electron chi connectivity index (χ4n) is 3.72. The molecule has 0 bridgehead atoms. The first-order valence-electron chi connectivity index (χ1n) is 10.9. The van der Waals surface area contributed by atoms with Gasteiger partial charge in [-0.2, -0.15) is 0 Å². The van der Waals surface area contributed by atoms with Crippen LogP contribution in [0.15, 0.2) is 41.4 Å². The summed E-state index contributed by atoms with van der Waals surface area (Å²) in [5, 5.41) is 0. The fraction of sp³-hybridized carbons (Fsp3) is 0.609. The zero-order valence-corrected chi connectivity index (χ0v) is 18.2. The molecule has 4 rings (SSSR count). The summed E-state index contributed by atoms with van der Waals surface area (Å²) < 4.78 is 30.6. The van der Waals surface area contributed by atoms with Crippen molar-refractivity contribution in [3.05, 3.63) is 47.5 Å². The maximum atomic E-state index is 12.6. The molecule has 2 fully saturated rings. The van der Waals surface area contributed by atoms with E-state index in [2.05, 4.69) is 31.8 Å². The van der Waals surface area contributed by atoms with E-state index in [1.807, 2.05) is 6.92 Å². The topological polar surface area (TPSA) is 31.3 Å². The van der Waals surface area contributed by atoms with Crippen LogP contribution in [0.3, 0.4) is 0 Å². The van der Waals surface area contributed by atoms with Gasteiger partial charge in [0.15, 0.2) is 0 Å². The first kappa shape index (κ1) is 22.8. The van der Waals surface area contributed by atoms with Gasteiger partial charge in [-0.25, -0.2) is 8.78 Å². The van der Waals surface area contributed by atoms with Gasteiger partial charge in [-0.15, -0.1) is 0 Å². The van der Waals surface area contributed by atoms with Crippen LogP contribution in [0.1, 0.15) is 18.1 Å². The van der Waals surface area contributed by atoms with Gasteiger partial charge in [-0.1, -0.05) is 35.9 Å². The largest absolute Gasteiger partial charge is 0.379 e. The van der Waals surface area contributed by atoms with Crippen LogP contribution in [0, 0.1) is 6.92 Å². The number of amidine groups is 1. The number of rotatable bonds is 4. The number of ether oxygens (including phenoxy) is 1. The molecule has 5 nitrogen and oxygen atoms in total. The normalized spacial score (nSPS) is 20.7. The first-order chi connectivity index (χ1) is 14.4. The number of benzene rings is 1. The summed E-state index contributed by atoms with van der Waals surface area (Å²) in [5.74, 6) is -1.53. The zero-order valence-electron chi connectivity index (χ0n) is 18.2. The lowest BCUT2D eigenvalue weighted by Crippen LogP contribution is -2.50. The predicted molar refractivity (Wildman–Crippen MR) is 117 cm³/mol. The molecule has 0 atom stereocenters. The van der Waals surface area contributed by atoms with Gasteiger partial charge in [0, 0.05) is 64.8 Å². The molecule has 0 saturated carbocycles. The molecular weight excluding hydrogens is 386 g/mol. The molecule has 0 spiro atoms. The monoisotopic (exact) mass is 420 g/mol. The average Bonchev–Trinajstić information content (AvgIpc) is 3.28. The van der Waals surface area contributed by atoms with Gasteiger partial charge >= 0.3 is 0 Å². The molecule has 0 unspecified atom stereocenters. The summed E-state index contributed by atoms with van der Waals surface area (Å²) in [4.78, 5) is 12.0. The van der Waals surface area contributed by atoms with E-state index in [0.717, 1.165) is 71.5 Å². The molecule has 7 heteroatoms. The van der Waals surface area contributed by atoms with Gasteiger partial charge in [0.2, 0.25) is 0 Å². The fourth-order valence-corrected chi connectivity index (χ4v) is 3.72. The minimum Gasteiger partial charge on any atom is -0.379 e. The van der Waals surface area contributed by atoms with Crippen LogP contribution in [-0.4, -0.2) is 92.7 Å². The minimum atomic E-state index is -2.71. The number of morpholine rings is 1. The maximum absolute atomic E-state index is 12.6. The van der Waals surface area contributed by atoms with Crippen molar-refractivity contribution in [1.29, 1.82) is 0 Å². The lowest BCUT2D eigenvalue weighted by atomic mass is 10.1. The first-order valence-corrected chi connectivity index (χ1v) is 10.9. The van der Waals surface area contributed by atoms with Crippen molar-refractivity contribution >= 4 is 5.84 Å².